The van der Waals surface area contributed by atoms with Crippen LogP contribution < -0.4 is 0 Å². The molecule has 3 aromatic heterocycles. The SMILES string of the molecule is c1ccc2c(c1)Sc1ccccc1C21c2ccccc2-c2ccc(-c3nc(-c4cc(-c5cccc6c5oc5ccccc56)cc(-n5c6ccccc6c6ccccc65)c4)nc4ccccc34)cc21. The summed E-state index contributed by atoms with van der Waals surface area (Å²) in [6.07, 6.45) is 0. The van der Waals surface area contributed by atoms with E-state index in [4.69, 9.17) is 14.4 Å². The van der Waals surface area contributed by atoms with Crippen LogP contribution in [0.3, 0.4) is 0 Å². The van der Waals surface area contributed by atoms with Gasteiger partial charge in [0.05, 0.1) is 27.7 Å². The van der Waals surface area contributed by atoms with Crippen molar-refractivity contribution >= 4 is 66.4 Å². The van der Waals surface area contributed by atoms with Crippen LogP contribution in [0.1, 0.15) is 22.3 Å². The zero-order chi connectivity index (χ0) is 44.5. The summed E-state index contributed by atoms with van der Waals surface area (Å²) < 4.78 is 9.08. The second kappa shape index (κ2) is 14.2. The molecule has 10 aromatic carbocycles. The van der Waals surface area contributed by atoms with Crippen molar-refractivity contribution in [3.05, 3.63) is 247 Å². The molecule has 0 amide bonds. The smallest absolute Gasteiger partial charge is 0.160 e. The number of aromatic nitrogens is 3. The molecular weight excluding hydrogens is 847 g/mol. The van der Waals surface area contributed by atoms with Crippen LogP contribution in [0.15, 0.2) is 239 Å². The van der Waals surface area contributed by atoms with Gasteiger partial charge in [0.25, 0.3) is 0 Å². The first kappa shape index (κ1) is 37.7. The van der Waals surface area contributed by atoms with Gasteiger partial charge in [0.15, 0.2) is 5.82 Å². The Morgan fingerprint density at radius 1 is 0.397 bits per heavy atom. The molecular formula is C63H37N3OS. The summed E-state index contributed by atoms with van der Waals surface area (Å²) in [5.74, 6) is 0.655. The molecule has 1 aliphatic carbocycles. The molecule has 1 aliphatic heterocycles. The fraction of sp³-hybridized carbons (Fsp3) is 0.0159. The van der Waals surface area contributed by atoms with E-state index in [0.29, 0.717) is 5.82 Å². The first-order valence-corrected chi connectivity index (χ1v) is 24.0. The number of hydrogen-bond acceptors (Lipinski definition) is 4. The van der Waals surface area contributed by atoms with Gasteiger partial charge < -0.3 is 8.98 Å². The van der Waals surface area contributed by atoms with Crippen LogP contribution >= 0.6 is 11.8 Å². The van der Waals surface area contributed by atoms with Crippen molar-refractivity contribution in [3.63, 3.8) is 0 Å². The van der Waals surface area contributed by atoms with Gasteiger partial charge >= 0.3 is 0 Å². The normalized spacial score (nSPS) is 13.4. The molecule has 0 radical (unpaired) electrons. The fourth-order valence-electron chi connectivity index (χ4n) is 11.6. The average Bonchev–Trinajstić information content (AvgIpc) is 4.05. The van der Waals surface area contributed by atoms with Crippen molar-refractivity contribution in [1.29, 1.82) is 0 Å². The summed E-state index contributed by atoms with van der Waals surface area (Å²) in [5, 5.41) is 5.61. The van der Waals surface area contributed by atoms with Crippen LogP contribution in [-0.4, -0.2) is 14.5 Å². The second-order valence-corrected chi connectivity index (χ2v) is 19.1. The van der Waals surface area contributed by atoms with Crippen LogP contribution in [0.2, 0.25) is 0 Å². The molecule has 0 saturated heterocycles. The van der Waals surface area contributed by atoms with E-state index in [2.05, 4.69) is 217 Å². The summed E-state index contributed by atoms with van der Waals surface area (Å²) >= 11 is 1.87. The van der Waals surface area contributed by atoms with E-state index < -0.39 is 5.41 Å². The van der Waals surface area contributed by atoms with Crippen LogP contribution in [0.4, 0.5) is 0 Å². The van der Waals surface area contributed by atoms with Crippen LogP contribution in [0, 0.1) is 0 Å². The number of furan rings is 1. The first-order chi connectivity index (χ1) is 33.7. The Morgan fingerprint density at radius 3 is 1.76 bits per heavy atom. The average molecular weight is 884 g/mol. The molecule has 15 rings (SSSR count). The van der Waals surface area contributed by atoms with E-state index in [1.54, 1.807) is 0 Å². The summed E-state index contributed by atoms with van der Waals surface area (Å²) in [5.41, 5.74) is 18.0. The minimum atomic E-state index is -0.505. The van der Waals surface area contributed by atoms with Crippen molar-refractivity contribution < 1.29 is 4.42 Å². The number of benzene rings is 10. The summed E-state index contributed by atoms with van der Waals surface area (Å²) in [6, 6.07) is 81.4. The summed E-state index contributed by atoms with van der Waals surface area (Å²) in [6.45, 7) is 0. The number of nitrogens with zero attached hydrogens (tertiary/aromatic N) is 3. The third-order valence-electron chi connectivity index (χ3n) is 14.5. The highest BCUT2D eigenvalue weighted by Crippen LogP contribution is 2.62. The van der Waals surface area contributed by atoms with Crippen molar-refractivity contribution in [2.24, 2.45) is 0 Å². The van der Waals surface area contributed by atoms with Crippen molar-refractivity contribution in [3.8, 4) is 50.6 Å². The minimum Gasteiger partial charge on any atom is -0.455 e. The number of para-hydroxylation sites is 5. The quantitative estimate of drug-likeness (QED) is 0.177. The molecule has 0 N–H and O–H groups in total. The lowest BCUT2D eigenvalue weighted by Crippen LogP contribution is -2.31. The predicted molar refractivity (Wildman–Crippen MR) is 279 cm³/mol. The molecule has 4 heterocycles. The predicted octanol–water partition coefficient (Wildman–Crippen LogP) is 16.5. The third kappa shape index (κ3) is 5.22. The Balaban J connectivity index is 0.995. The zero-order valence-corrected chi connectivity index (χ0v) is 37.3. The van der Waals surface area contributed by atoms with Crippen molar-refractivity contribution in [2.45, 2.75) is 15.2 Å². The third-order valence-corrected chi connectivity index (χ3v) is 15.6. The van der Waals surface area contributed by atoms with E-state index in [9.17, 15) is 0 Å². The van der Waals surface area contributed by atoms with Gasteiger partial charge in [-0.05, 0) is 99.6 Å². The Morgan fingerprint density at radius 2 is 0.985 bits per heavy atom. The summed E-state index contributed by atoms with van der Waals surface area (Å²) in [4.78, 5) is 13.6. The van der Waals surface area contributed by atoms with Crippen molar-refractivity contribution in [1.82, 2.24) is 14.5 Å². The maximum Gasteiger partial charge on any atom is 0.160 e. The Bertz CT molecular complexity index is 4170. The highest BCUT2D eigenvalue weighted by molar-refractivity contribution is 7.99. The van der Waals surface area contributed by atoms with Gasteiger partial charge in [0.1, 0.15) is 11.2 Å². The fourth-order valence-corrected chi connectivity index (χ4v) is 12.8. The maximum absolute atomic E-state index is 6.70. The molecule has 0 atom stereocenters. The Kier molecular flexibility index (Phi) is 7.89. The van der Waals surface area contributed by atoms with Gasteiger partial charge in [-0.2, -0.15) is 0 Å². The highest BCUT2D eigenvalue weighted by Gasteiger charge is 2.50. The van der Waals surface area contributed by atoms with E-state index in [1.165, 1.54) is 53.9 Å². The lowest BCUT2D eigenvalue weighted by atomic mass is 9.67. The summed E-state index contributed by atoms with van der Waals surface area (Å²) in [7, 11) is 0. The van der Waals surface area contributed by atoms with Gasteiger partial charge in [-0.3, -0.25) is 0 Å². The molecule has 13 aromatic rings. The Hall–Kier alpha value is -8.51. The second-order valence-electron chi connectivity index (χ2n) is 18.0. The minimum absolute atomic E-state index is 0.505. The van der Waals surface area contributed by atoms with Crippen LogP contribution in [0.25, 0.3) is 105 Å². The van der Waals surface area contributed by atoms with Crippen molar-refractivity contribution in [2.75, 3.05) is 0 Å². The molecule has 0 bridgehead atoms. The first-order valence-electron chi connectivity index (χ1n) is 23.1. The van der Waals surface area contributed by atoms with E-state index in [-0.39, 0.29) is 0 Å². The number of rotatable bonds is 4. The van der Waals surface area contributed by atoms with E-state index in [0.717, 1.165) is 77.5 Å². The topological polar surface area (TPSA) is 43.9 Å². The molecule has 0 fully saturated rings. The van der Waals surface area contributed by atoms with Gasteiger partial charge in [0, 0.05) is 59.1 Å². The lowest BCUT2D eigenvalue weighted by molar-refractivity contribution is 0.670. The molecule has 5 heteroatoms. The number of fused-ring (bicyclic) bond motifs is 16. The standard InChI is InChI=1S/C63H37N3OS/c1-6-23-50-43(16-1)44-33-32-38(37-53(44)63(50)51-24-7-13-30-58(51)68-59-31-14-8-25-52(59)63)60-49-20-2-9-26-54(49)64-62(65-60)40-34-39(42-21-15-22-48-47-19-5-12-29-57(47)67-61(42)48)35-41(36-40)66-55-27-10-3-17-45(55)46-18-4-11-28-56(46)66/h1-37H. The Labute approximate surface area is 395 Å². The van der Waals surface area contributed by atoms with Gasteiger partial charge in [-0.25, -0.2) is 9.97 Å². The van der Waals surface area contributed by atoms with E-state index >= 15 is 0 Å². The zero-order valence-electron chi connectivity index (χ0n) is 36.5. The van der Waals surface area contributed by atoms with Crippen LogP contribution in [0.5, 0.6) is 0 Å². The molecule has 0 unspecified atom stereocenters. The molecule has 1 spiro atoms. The number of hydrogen-bond donors (Lipinski definition) is 0. The molecule has 316 valence electrons. The van der Waals surface area contributed by atoms with Gasteiger partial charge in [0.2, 0.25) is 0 Å². The lowest BCUT2D eigenvalue weighted by Gasteiger charge is -2.39. The largest absolute Gasteiger partial charge is 0.455 e. The van der Waals surface area contributed by atoms with Crippen LogP contribution in [-0.2, 0) is 5.41 Å². The van der Waals surface area contributed by atoms with Gasteiger partial charge in [-0.15, -0.1) is 0 Å². The molecule has 4 nitrogen and oxygen atoms in total. The molecule has 68 heavy (non-hydrogen) atoms. The van der Waals surface area contributed by atoms with Gasteiger partial charge in [-0.1, -0.05) is 176 Å². The molecule has 0 saturated carbocycles. The molecule has 2 aliphatic rings. The monoisotopic (exact) mass is 883 g/mol. The highest BCUT2D eigenvalue weighted by atomic mass is 32.2. The van der Waals surface area contributed by atoms with E-state index in [1.807, 2.05) is 23.9 Å². The maximum atomic E-state index is 6.70.